The lowest BCUT2D eigenvalue weighted by molar-refractivity contribution is -0.116. The second-order valence-electron chi connectivity index (χ2n) is 10.3. The highest BCUT2D eigenvalue weighted by Crippen LogP contribution is 2.40. The summed E-state index contributed by atoms with van der Waals surface area (Å²) in [5.74, 6) is 2.31. The number of rotatable bonds is 9. The third-order valence-electron chi connectivity index (χ3n) is 7.84. The maximum atomic E-state index is 12.2. The van der Waals surface area contributed by atoms with Gasteiger partial charge >= 0.3 is 0 Å². The highest BCUT2D eigenvalue weighted by Gasteiger charge is 2.26. The van der Waals surface area contributed by atoms with Crippen molar-refractivity contribution in [1.82, 2.24) is 10.2 Å². The lowest BCUT2D eigenvalue weighted by Gasteiger charge is -2.33. The van der Waals surface area contributed by atoms with Gasteiger partial charge in [0.05, 0.1) is 7.11 Å². The van der Waals surface area contributed by atoms with E-state index < -0.39 is 0 Å². The van der Waals surface area contributed by atoms with Crippen LogP contribution in [0.2, 0.25) is 5.02 Å². The molecule has 1 saturated heterocycles. The molecule has 5 rings (SSSR count). The molecule has 2 aromatic carbocycles. The molecular weight excluding hydrogens is 484 g/mol. The molecule has 0 spiro atoms. The maximum absolute atomic E-state index is 12.2. The molecule has 37 heavy (non-hydrogen) atoms. The molecule has 1 aromatic heterocycles. The minimum atomic E-state index is -0.0988. The van der Waals surface area contributed by atoms with Crippen LogP contribution in [0.3, 0.4) is 0 Å². The minimum absolute atomic E-state index is 0.0988. The first-order chi connectivity index (χ1) is 18.1. The Balaban J connectivity index is 1.01. The predicted molar refractivity (Wildman–Crippen MR) is 151 cm³/mol. The topological polar surface area (TPSA) is 54.7 Å². The zero-order chi connectivity index (χ0) is 25.6. The molecule has 1 aliphatic heterocycles. The van der Waals surface area contributed by atoms with Gasteiger partial charge in [-0.15, -0.1) is 0 Å². The number of hydrogen-bond acceptors (Lipinski definition) is 4. The van der Waals surface area contributed by atoms with Gasteiger partial charge in [-0.2, -0.15) is 0 Å². The van der Waals surface area contributed by atoms with Crippen molar-refractivity contribution in [3.63, 3.8) is 0 Å². The van der Waals surface area contributed by atoms with E-state index in [1.807, 2.05) is 25.3 Å². The molecule has 1 amide bonds. The Morgan fingerprint density at radius 3 is 2.81 bits per heavy atom. The average molecular weight is 521 g/mol. The predicted octanol–water partition coefficient (Wildman–Crippen LogP) is 6.76. The molecule has 1 N–H and O–H groups in total. The largest absolute Gasteiger partial charge is 0.496 e. The minimum Gasteiger partial charge on any atom is -0.496 e. The summed E-state index contributed by atoms with van der Waals surface area (Å²) in [6.45, 7) is 4.02. The van der Waals surface area contributed by atoms with Crippen LogP contribution in [0.1, 0.15) is 66.9 Å². The molecule has 0 atom stereocenters. The van der Waals surface area contributed by atoms with Crippen molar-refractivity contribution >= 4 is 34.6 Å². The van der Waals surface area contributed by atoms with Gasteiger partial charge in [-0.3, -0.25) is 4.79 Å². The molecule has 6 heteroatoms. The van der Waals surface area contributed by atoms with Gasteiger partial charge in [0.2, 0.25) is 5.91 Å². The number of hydrogen-bond donors (Lipinski definition) is 1. The Bertz CT molecular complexity index is 1260. The number of fused-ring (bicyclic) bond motifs is 2. The monoisotopic (exact) mass is 520 g/mol. The van der Waals surface area contributed by atoms with Gasteiger partial charge < -0.3 is 19.4 Å². The number of methoxy groups -OCH3 is 1. The van der Waals surface area contributed by atoms with Gasteiger partial charge in [0, 0.05) is 23.0 Å². The molecule has 1 fully saturated rings. The second-order valence-corrected chi connectivity index (χ2v) is 10.7. The number of furan rings is 1. The number of halogens is 1. The number of carbonyl (C=O) groups excluding carboxylic acids is 1. The van der Waals surface area contributed by atoms with E-state index in [4.69, 9.17) is 20.8 Å². The molecule has 3 aromatic rings. The fraction of sp³-hybridized carbons (Fsp3) is 0.452. The Kier molecular flexibility index (Phi) is 8.52. The third-order valence-corrected chi connectivity index (χ3v) is 8.07. The van der Waals surface area contributed by atoms with E-state index in [0.717, 1.165) is 49.9 Å². The van der Waals surface area contributed by atoms with E-state index in [1.54, 1.807) is 12.1 Å². The molecule has 0 saturated carbocycles. The first-order valence-electron chi connectivity index (χ1n) is 13.7. The van der Waals surface area contributed by atoms with Crippen molar-refractivity contribution in [3.8, 4) is 5.75 Å². The summed E-state index contributed by atoms with van der Waals surface area (Å²) < 4.78 is 11.7. The standard InChI is InChI=1S/C31H37ClN2O3/c1-36-31-27-7-3-2-6-22(27)8-11-28(31)23-14-18-34(19-15-23)17-5-4-16-33-30(35)13-10-26-21-24-20-25(32)9-12-29(24)37-26/h8-13,20-21,23H,2-7,14-19H2,1H3,(H,33,35)/b13-10+. The van der Waals surface area contributed by atoms with Crippen molar-refractivity contribution in [2.75, 3.05) is 33.3 Å². The van der Waals surface area contributed by atoms with E-state index in [9.17, 15) is 4.79 Å². The maximum Gasteiger partial charge on any atom is 0.244 e. The summed E-state index contributed by atoms with van der Waals surface area (Å²) in [4.78, 5) is 14.7. The lowest BCUT2D eigenvalue weighted by Crippen LogP contribution is -2.34. The van der Waals surface area contributed by atoms with Gasteiger partial charge in [0.15, 0.2) is 0 Å². The number of nitrogens with zero attached hydrogens (tertiary/aromatic N) is 1. The highest BCUT2D eigenvalue weighted by molar-refractivity contribution is 6.31. The van der Waals surface area contributed by atoms with Crippen LogP contribution in [0.15, 0.2) is 46.9 Å². The molecule has 0 unspecified atom stereocenters. The fourth-order valence-electron chi connectivity index (χ4n) is 5.85. The molecule has 196 valence electrons. The fourth-order valence-corrected chi connectivity index (χ4v) is 6.03. The van der Waals surface area contributed by atoms with E-state index in [1.165, 1.54) is 60.6 Å². The van der Waals surface area contributed by atoms with Crippen molar-refractivity contribution in [2.24, 2.45) is 0 Å². The molecular formula is C31H37ClN2O3. The SMILES string of the molecule is COc1c(C2CCN(CCCCNC(=O)/C=C/c3cc4cc(Cl)ccc4o3)CC2)ccc2c1CCCC2. The number of piperidine rings is 1. The smallest absolute Gasteiger partial charge is 0.244 e. The number of benzene rings is 2. The summed E-state index contributed by atoms with van der Waals surface area (Å²) >= 11 is 6.02. The third kappa shape index (κ3) is 6.39. The lowest BCUT2D eigenvalue weighted by atomic mass is 9.83. The van der Waals surface area contributed by atoms with Gasteiger partial charge in [0.1, 0.15) is 17.1 Å². The molecule has 2 heterocycles. The van der Waals surface area contributed by atoms with Crippen LogP contribution in [0.4, 0.5) is 0 Å². The molecule has 0 radical (unpaired) electrons. The Labute approximate surface area is 224 Å². The van der Waals surface area contributed by atoms with E-state index in [0.29, 0.717) is 23.2 Å². The Morgan fingerprint density at radius 2 is 1.97 bits per heavy atom. The molecule has 1 aliphatic carbocycles. The van der Waals surface area contributed by atoms with Gasteiger partial charge in [-0.05, 0) is 124 Å². The zero-order valence-electron chi connectivity index (χ0n) is 21.7. The van der Waals surface area contributed by atoms with Gasteiger partial charge in [0.25, 0.3) is 0 Å². The quantitative estimate of drug-likeness (QED) is 0.250. The van der Waals surface area contributed by atoms with E-state index in [2.05, 4.69) is 22.3 Å². The van der Waals surface area contributed by atoms with Gasteiger partial charge in [-0.25, -0.2) is 0 Å². The van der Waals surface area contributed by atoms with Crippen LogP contribution in [0.25, 0.3) is 17.0 Å². The number of ether oxygens (including phenoxy) is 1. The Morgan fingerprint density at radius 1 is 1.14 bits per heavy atom. The average Bonchev–Trinajstić information content (AvgIpc) is 3.33. The number of unbranched alkanes of at least 4 members (excludes halogenated alkanes) is 1. The normalized spacial score (nSPS) is 16.8. The van der Waals surface area contributed by atoms with Crippen molar-refractivity contribution in [1.29, 1.82) is 0 Å². The summed E-state index contributed by atoms with van der Waals surface area (Å²) in [5, 5.41) is 4.57. The number of nitrogens with one attached hydrogen (secondary N) is 1. The van der Waals surface area contributed by atoms with Crippen molar-refractivity contribution < 1.29 is 13.9 Å². The van der Waals surface area contributed by atoms with Crippen molar-refractivity contribution in [3.05, 3.63) is 69.9 Å². The molecule has 2 aliphatic rings. The van der Waals surface area contributed by atoms with Crippen LogP contribution in [0, 0.1) is 0 Å². The number of carbonyl (C=O) groups is 1. The number of aryl methyl sites for hydroxylation is 1. The van der Waals surface area contributed by atoms with E-state index in [-0.39, 0.29) is 5.91 Å². The highest BCUT2D eigenvalue weighted by atomic mass is 35.5. The van der Waals surface area contributed by atoms with Crippen LogP contribution in [-0.2, 0) is 17.6 Å². The first-order valence-corrected chi connectivity index (χ1v) is 14.0. The van der Waals surface area contributed by atoms with Crippen molar-refractivity contribution in [2.45, 2.75) is 57.3 Å². The van der Waals surface area contributed by atoms with Crippen LogP contribution >= 0.6 is 11.6 Å². The summed E-state index contributed by atoms with van der Waals surface area (Å²) in [5.41, 5.74) is 5.14. The van der Waals surface area contributed by atoms with E-state index >= 15 is 0 Å². The second kappa shape index (κ2) is 12.2. The van der Waals surface area contributed by atoms with Crippen LogP contribution in [-0.4, -0.2) is 44.1 Å². The summed E-state index contributed by atoms with van der Waals surface area (Å²) in [6, 6.07) is 12.1. The van der Waals surface area contributed by atoms with Gasteiger partial charge in [-0.1, -0.05) is 23.7 Å². The number of amides is 1. The zero-order valence-corrected chi connectivity index (χ0v) is 22.5. The van der Waals surface area contributed by atoms with Crippen LogP contribution in [0.5, 0.6) is 5.75 Å². The summed E-state index contributed by atoms with van der Waals surface area (Å²) in [7, 11) is 1.84. The Hall–Kier alpha value is -2.76. The number of likely N-dealkylation sites (tertiary alicyclic amines) is 1. The molecule has 5 nitrogen and oxygen atoms in total. The first kappa shape index (κ1) is 25.9. The van der Waals surface area contributed by atoms with Crippen LogP contribution < -0.4 is 10.1 Å². The molecule has 0 bridgehead atoms. The summed E-state index contributed by atoms with van der Waals surface area (Å²) in [6.07, 6.45) is 12.6.